The fourth-order valence-electron chi connectivity index (χ4n) is 4.86. The molecule has 3 nitrogen and oxygen atoms in total. The van der Waals surface area contributed by atoms with E-state index in [1.54, 1.807) is 0 Å². The van der Waals surface area contributed by atoms with Crippen LogP contribution < -0.4 is 0 Å². The van der Waals surface area contributed by atoms with Gasteiger partial charge in [0.05, 0.1) is 12.3 Å². The highest BCUT2D eigenvalue weighted by Gasteiger charge is 2.56. The van der Waals surface area contributed by atoms with Crippen molar-refractivity contribution in [1.29, 1.82) is 0 Å². The number of ether oxygens (including phenoxy) is 1. The second kappa shape index (κ2) is 7.19. The predicted molar refractivity (Wildman–Crippen MR) is 112 cm³/mol. The number of hydrogen-bond donors (Lipinski definition) is 0. The molecule has 0 amide bonds. The molecule has 0 aromatic rings. The zero-order valence-electron chi connectivity index (χ0n) is 20.0. The van der Waals surface area contributed by atoms with Crippen LogP contribution in [0.4, 0.5) is 0 Å². The van der Waals surface area contributed by atoms with Crippen molar-refractivity contribution in [2.45, 2.75) is 102 Å². The summed E-state index contributed by atoms with van der Waals surface area (Å²) in [7, 11) is 0. The summed E-state index contributed by atoms with van der Waals surface area (Å²) in [6.45, 7) is 27.4. The molecule has 1 aliphatic rings. The summed E-state index contributed by atoms with van der Waals surface area (Å²) >= 11 is 0. The molecule has 0 aromatic heterocycles. The van der Waals surface area contributed by atoms with Crippen molar-refractivity contribution < 1.29 is 14.3 Å². The number of rotatable bonds is 6. The minimum Gasteiger partial charge on any atom is -0.393 e. The fraction of sp³-hybridized carbons (Fsp3) is 0.917. The molecule has 0 bridgehead atoms. The average Bonchev–Trinajstić information content (AvgIpc) is 2.74. The zero-order valence-corrected chi connectivity index (χ0v) is 20.0. The lowest BCUT2D eigenvalue weighted by Crippen LogP contribution is -2.49. The Hall–Kier alpha value is -0.860. The Morgan fingerprint density at radius 1 is 0.926 bits per heavy atom. The Labute approximate surface area is 168 Å². The molecular formula is C24H44O3. The Balaban J connectivity index is 3.27. The lowest BCUT2D eigenvalue weighted by Gasteiger charge is -2.55. The lowest BCUT2D eigenvalue weighted by atomic mass is 9.49. The van der Waals surface area contributed by atoms with Crippen LogP contribution in [0.15, 0.2) is 0 Å². The molecule has 1 saturated heterocycles. The standard InChI is InChI=1S/C24H44O3/c1-16(14-20(2,3)4)23(10,11)22(8,9)15-24(12,21(5,6)7)17-13-18(25)27-19(17)26/h16-17H,13-15H2,1-12H3. The van der Waals surface area contributed by atoms with Crippen molar-refractivity contribution >= 4 is 11.9 Å². The van der Waals surface area contributed by atoms with Crippen molar-refractivity contribution in [3.63, 3.8) is 0 Å². The molecule has 0 aliphatic carbocycles. The second-order valence-electron chi connectivity index (χ2n) is 12.7. The topological polar surface area (TPSA) is 43.4 Å². The van der Waals surface area contributed by atoms with Crippen molar-refractivity contribution in [3.05, 3.63) is 0 Å². The first-order chi connectivity index (χ1) is 11.7. The van der Waals surface area contributed by atoms with Gasteiger partial charge in [-0.2, -0.15) is 0 Å². The second-order valence-corrected chi connectivity index (χ2v) is 12.7. The number of hydrogen-bond acceptors (Lipinski definition) is 3. The first-order valence-electron chi connectivity index (χ1n) is 10.5. The predicted octanol–water partition coefficient (Wildman–Crippen LogP) is 6.64. The van der Waals surface area contributed by atoms with Crippen LogP contribution in [0.1, 0.15) is 102 Å². The van der Waals surface area contributed by atoms with Crippen LogP contribution >= 0.6 is 0 Å². The van der Waals surface area contributed by atoms with Gasteiger partial charge in [-0.15, -0.1) is 0 Å². The summed E-state index contributed by atoms with van der Waals surface area (Å²) in [6, 6.07) is 0. The van der Waals surface area contributed by atoms with E-state index in [0.29, 0.717) is 5.92 Å². The summed E-state index contributed by atoms with van der Waals surface area (Å²) in [5.41, 5.74) is -0.0902. The third-order valence-corrected chi connectivity index (χ3v) is 8.06. The SMILES string of the molecule is CC(CC(C)(C)C)C(C)(C)C(C)(C)CC(C)(C1CC(=O)OC1=O)C(C)(C)C. The van der Waals surface area contributed by atoms with E-state index in [4.69, 9.17) is 4.74 Å². The van der Waals surface area contributed by atoms with Crippen LogP contribution in [-0.4, -0.2) is 11.9 Å². The molecule has 1 fully saturated rings. The summed E-state index contributed by atoms with van der Waals surface area (Å²) < 4.78 is 4.95. The van der Waals surface area contributed by atoms with Gasteiger partial charge >= 0.3 is 11.9 Å². The molecule has 1 aliphatic heterocycles. The normalized spacial score (nSPS) is 23.2. The maximum Gasteiger partial charge on any atom is 0.317 e. The Kier molecular flexibility index (Phi) is 6.44. The number of cyclic esters (lactones) is 2. The van der Waals surface area contributed by atoms with Gasteiger partial charge in [-0.3, -0.25) is 9.59 Å². The minimum atomic E-state index is -0.376. The van der Waals surface area contributed by atoms with E-state index in [1.807, 2.05) is 0 Å². The van der Waals surface area contributed by atoms with Gasteiger partial charge in [0.15, 0.2) is 0 Å². The van der Waals surface area contributed by atoms with E-state index in [9.17, 15) is 9.59 Å². The van der Waals surface area contributed by atoms with E-state index >= 15 is 0 Å². The molecule has 3 unspecified atom stereocenters. The monoisotopic (exact) mass is 380 g/mol. The third kappa shape index (κ3) is 4.95. The summed E-state index contributed by atoms with van der Waals surface area (Å²) in [5, 5.41) is 0. The Morgan fingerprint density at radius 2 is 1.41 bits per heavy atom. The van der Waals surface area contributed by atoms with Gasteiger partial charge in [-0.1, -0.05) is 83.1 Å². The van der Waals surface area contributed by atoms with Crippen LogP contribution in [0, 0.1) is 38.9 Å². The third-order valence-electron chi connectivity index (χ3n) is 8.06. The molecule has 27 heavy (non-hydrogen) atoms. The van der Waals surface area contributed by atoms with Crippen molar-refractivity contribution in [3.8, 4) is 0 Å². The smallest absolute Gasteiger partial charge is 0.317 e. The van der Waals surface area contributed by atoms with E-state index in [0.717, 1.165) is 12.8 Å². The Bertz CT molecular complexity index is 571. The largest absolute Gasteiger partial charge is 0.393 e. The van der Waals surface area contributed by atoms with Gasteiger partial charge in [0, 0.05) is 0 Å². The quantitative estimate of drug-likeness (QED) is 0.383. The van der Waals surface area contributed by atoms with Crippen molar-refractivity contribution in [2.75, 3.05) is 0 Å². The molecule has 3 heteroatoms. The maximum absolute atomic E-state index is 12.5. The van der Waals surface area contributed by atoms with Gasteiger partial charge in [0.1, 0.15) is 0 Å². The molecule has 0 N–H and O–H groups in total. The highest BCUT2D eigenvalue weighted by atomic mass is 16.6. The number of carbonyl (C=O) groups is 2. The summed E-state index contributed by atoms with van der Waals surface area (Å²) in [4.78, 5) is 24.3. The minimum absolute atomic E-state index is 0.00832. The lowest BCUT2D eigenvalue weighted by molar-refractivity contribution is -0.157. The highest BCUT2D eigenvalue weighted by molar-refractivity contribution is 5.95. The van der Waals surface area contributed by atoms with Crippen molar-refractivity contribution in [1.82, 2.24) is 0 Å². The maximum atomic E-state index is 12.5. The van der Waals surface area contributed by atoms with Crippen LogP contribution in [0.2, 0.25) is 0 Å². The van der Waals surface area contributed by atoms with Gasteiger partial charge < -0.3 is 4.74 Å². The van der Waals surface area contributed by atoms with Crippen LogP contribution in [0.5, 0.6) is 0 Å². The highest BCUT2D eigenvalue weighted by Crippen LogP contribution is 2.59. The van der Waals surface area contributed by atoms with Crippen LogP contribution in [0.3, 0.4) is 0 Å². The van der Waals surface area contributed by atoms with Gasteiger partial charge in [0.25, 0.3) is 0 Å². The number of carbonyl (C=O) groups excluding carboxylic acids is 2. The molecule has 158 valence electrons. The van der Waals surface area contributed by atoms with E-state index in [2.05, 4.69) is 83.1 Å². The fourth-order valence-corrected chi connectivity index (χ4v) is 4.86. The molecule has 1 heterocycles. The van der Waals surface area contributed by atoms with Gasteiger partial charge in [0.2, 0.25) is 0 Å². The molecule has 0 spiro atoms. The summed E-state index contributed by atoms with van der Waals surface area (Å²) in [5.74, 6) is -0.542. The molecule has 3 atom stereocenters. The van der Waals surface area contributed by atoms with Crippen molar-refractivity contribution in [2.24, 2.45) is 38.9 Å². The van der Waals surface area contributed by atoms with E-state index < -0.39 is 0 Å². The first kappa shape index (κ1) is 24.2. The van der Waals surface area contributed by atoms with Crippen LogP contribution in [0.25, 0.3) is 0 Å². The van der Waals surface area contributed by atoms with Gasteiger partial charge in [-0.25, -0.2) is 0 Å². The molecular weight excluding hydrogens is 336 g/mol. The van der Waals surface area contributed by atoms with E-state index in [-0.39, 0.29) is 51.4 Å². The van der Waals surface area contributed by atoms with Gasteiger partial charge in [-0.05, 0) is 45.8 Å². The van der Waals surface area contributed by atoms with Crippen LogP contribution in [-0.2, 0) is 14.3 Å². The average molecular weight is 381 g/mol. The van der Waals surface area contributed by atoms with E-state index in [1.165, 1.54) is 0 Å². The molecule has 0 saturated carbocycles. The Morgan fingerprint density at radius 3 is 1.74 bits per heavy atom. The molecule has 0 radical (unpaired) electrons. The first-order valence-corrected chi connectivity index (χ1v) is 10.5. The molecule has 1 rings (SSSR count). The molecule has 0 aromatic carbocycles. The number of esters is 2. The summed E-state index contributed by atoms with van der Waals surface area (Å²) in [6.07, 6.45) is 2.23. The zero-order chi connectivity index (χ0) is 21.6.